The SMILES string of the molecule is CCn1cc(S(=O)(=O)NCc2nc(OC)nc(OC)n2)nc1C. The number of aromatic nitrogens is 5. The Kier molecular flexibility index (Phi) is 5.11. The van der Waals surface area contributed by atoms with Gasteiger partial charge in [0.05, 0.1) is 20.8 Å². The molecule has 23 heavy (non-hydrogen) atoms. The lowest BCUT2D eigenvalue weighted by Crippen LogP contribution is -2.25. The minimum Gasteiger partial charge on any atom is -0.467 e. The van der Waals surface area contributed by atoms with Gasteiger partial charge in [0.25, 0.3) is 10.0 Å². The van der Waals surface area contributed by atoms with Gasteiger partial charge >= 0.3 is 12.0 Å². The van der Waals surface area contributed by atoms with Crippen molar-refractivity contribution in [2.24, 2.45) is 0 Å². The highest BCUT2D eigenvalue weighted by atomic mass is 32.2. The summed E-state index contributed by atoms with van der Waals surface area (Å²) in [5.74, 6) is 0.792. The second-order valence-corrected chi connectivity index (χ2v) is 6.18. The van der Waals surface area contributed by atoms with Crippen LogP contribution in [0.5, 0.6) is 12.0 Å². The summed E-state index contributed by atoms with van der Waals surface area (Å²) in [5.41, 5.74) is 0. The molecule has 0 radical (unpaired) electrons. The first-order chi connectivity index (χ1) is 10.9. The Hall–Kier alpha value is -2.27. The average Bonchev–Trinajstić information content (AvgIpc) is 2.94. The molecule has 1 N–H and O–H groups in total. The Bertz CT molecular complexity index is 767. The van der Waals surface area contributed by atoms with Crippen LogP contribution in [0.15, 0.2) is 11.2 Å². The highest BCUT2D eigenvalue weighted by Gasteiger charge is 2.19. The molecule has 0 saturated heterocycles. The first-order valence-electron chi connectivity index (χ1n) is 6.76. The van der Waals surface area contributed by atoms with Gasteiger partial charge in [0, 0.05) is 12.7 Å². The monoisotopic (exact) mass is 342 g/mol. The lowest BCUT2D eigenvalue weighted by molar-refractivity contribution is 0.336. The highest BCUT2D eigenvalue weighted by Crippen LogP contribution is 2.11. The van der Waals surface area contributed by atoms with Gasteiger partial charge in [-0.05, 0) is 13.8 Å². The number of nitrogens with zero attached hydrogens (tertiary/aromatic N) is 5. The van der Waals surface area contributed by atoms with Crippen LogP contribution in [-0.4, -0.2) is 47.1 Å². The minimum absolute atomic E-state index is 0.0390. The van der Waals surface area contributed by atoms with E-state index in [0.29, 0.717) is 12.4 Å². The highest BCUT2D eigenvalue weighted by molar-refractivity contribution is 7.89. The molecule has 11 heteroatoms. The van der Waals surface area contributed by atoms with E-state index in [0.717, 1.165) is 0 Å². The zero-order valence-electron chi connectivity index (χ0n) is 13.3. The fourth-order valence-electron chi connectivity index (χ4n) is 1.80. The molecule has 0 unspecified atom stereocenters. The number of methoxy groups -OCH3 is 2. The topological polar surface area (TPSA) is 121 Å². The molecule has 0 saturated carbocycles. The average molecular weight is 342 g/mol. The van der Waals surface area contributed by atoms with E-state index in [-0.39, 0.29) is 29.4 Å². The maximum Gasteiger partial charge on any atom is 0.322 e. The van der Waals surface area contributed by atoms with E-state index in [1.165, 1.54) is 20.4 Å². The van der Waals surface area contributed by atoms with Crippen molar-refractivity contribution >= 4 is 10.0 Å². The van der Waals surface area contributed by atoms with Crippen molar-refractivity contribution in [3.63, 3.8) is 0 Å². The van der Waals surface area contributed by atoms with E-state index in [1.807, 2.05) is 6.92 Å². The number of aryl methyl sites for hydroxylation is 2. The summed E-state index contributed by atoms with van der Waals surface area (Å²) in [4.78, 5) is 15.8. The van der Waals surface area contributed by atoms with Crippen LogP contribution in [0.4, 0.5) is 0 Å². The summed E-state index contributed by atoms with van der Waals surface area (Å²) < 4.78 is 38.5. The molecule has 126 valence electrons. The molecular weight excluding hydrogens is 324 g/mol. The second kappa shape index (κ2) is 6.87. The standard InChI is InChI=1S/C12H18N6O4S/c1-5-18-7-10(14-8(18)2)23(19,20)13-6-9-15-11(21-3)17-12(16-9)22-4/h7,13H,5-6H2,1-4H3. The van der Waals surface area contributed by atoms with Crippen molar-refractivity contribution in [3.05, 3.63) is 17.8 Å². The van der Waals surface area contributed by atoms with E-state index < -0.39 is 10.0 Å². The van der Waals surface area contributed by atoms with Crippen molar-refractivity contribution in [3.8, 4) is 12.0 Å². The Labute approximate surface area is 134 Å². The van der Waals surface area contributed by atoms with E-state index in [9.17, 15) is 8.42 Å². The summed E-state index contributed by atoms with van der Waals surface area (Å²) in [5, 5.41) is -0.0511. The summed E-state index contributed by atoms with van der Waals surface area (Å²) in [6, 6.07) is 0.0781. The van der Waals surface area contributed by atoms with Crippen LogP contribution in [-0.2, 0) is 23.1 Å². The zero-order chi connectivity index (χ0) is 17.0. The molecule has 2 aromatic rings. The second-order valence-electron chi connectivity index (χ2n) is 4.46. The summed E-state index contributed by atoms with van der Waals surface area (Å²) in [6.45, 7) is 4.14. The van der Waals surface area contributed by atoms with Gasteiger partial charge < -0.3 is 14.0 Å². The maximum atomic E-state index is 12.3. The predicted octanol–water partition coefficient (Wildman–Crippen LogP) is -0.108. The van der Waals surface area contributed by atoms with E-state index in [2.05, 4.69) is 24.7 Å². The number of hydrogen-bond donors (Lipinski definition) is 1. The predicted molar refractivity (Wildman–Crippen MR) is 79.6 cm³/mol. The zero-order valence-corrected chi connectivity index (χ0v) is 14.1. The smallest absolute Gasteiger partial charge is 0.322 e. The molecule has 2 aromatic heterocycles. The molecule has 0 spiro atoms. The molecule has 10 nitrogen and oxygen atoms in total. The van der Waals surface area contributed by atoms with Crippen molar-refractivity contribution in [2.45, 2.75) is 32.0 Å². The third-order valence-electron chi connectivity index (χ3n) is 3.00. The number of hydrogen-bond acceptors (Lipinski definition) is 8. The molecule has 0 fully saturated rings. The molecule has 0 aromatic carbocycles. The van der Waals surface area contributed by atoms with Gasteiger partial charge in [-0.1, -0.05) is 0 Å². The lowest BCUT2D eigenvalue weighted by atomic mass is 10.6. The Morgan fingerprint density at radius 1 is 1.13 bits per heavy atom. The fourth-order valence-corrected chi connectivity index (χ4v) is 2.79. The molecule has 2 rings (SSSR count). The Balaban J connectivity index is 2.18. The van der Waals surface area contributed by atoms with Crippen LogP contribution < -0.4 is 14.2 Å². The molecule has 2 heterocycles. The molecule has 0 aliphatic carbocycles. The van der Waals surface area contributed by atoms with Gasteiger partial charge in [-0.15, -0.1) is 4.98 Å². The van der Waals surface area contributed by atoms with Gasteiger partial charge in [0.15, 0.2) is 10.9 Å². The van der Waals surface area contributed by atoms with Crippen LogP contribution in [0.3, 0.4) is 0 Å². The first kappa shape index (κ1) is 17.1. The van der Waals surface area contributed by atoms with E-state index in [4.69, 9.17) is 9.47 Å². The summed E-state index contributed by atoms with van der Waals surface area (Å²) >= 11 is 0. The van der Waals surface area contributed by atoms with Crippen LogP contribution in [0, 0.1) is 6.92 Å². The van der Waals surface area contributed by atoms with Gasteiger partial charge in [0.1, 0.15) is 5.82 Å². The molecular formula is C12H18N6O4S. The largest absolute Gasteiger partial charge is 0.467 e. The number of rotatable bonds is 7. The third-order valence-corrected chi connectivity index (χ3v) is 4.27. The van der Waals surface area contributed by atoms with E-state index >= 15 is 0 Å². The van der Waals surface area contributed by atoms with Crippen molar-refractivity contribution in [2.75, 3.05) is 14.2 Å². The van der Waals surface area contributed by atoms with Gasteiger partial charge in [0.2, 0.25) is 0 Å². The van der Waals surface area contributed by atoms with Gasteiger partial charge in [-0.25, -0.2) is 18.1 Å². The molecule has 0 bridgehead atoms. The quantitative estimate of drug-likeness (QED) is 0.740. The normalized spacial score (nSPS) is 11.5. The number of sulfonamides is 1. The minimum atomic E-state index is -3.77. The third kappa shape index (κ3) is 3.93. The fraction of sp³-hybridized carbons (Fsp3) is 0.500. The van der Waals surface area contributed by atoms with Crippen molar-refractivity contribution < 1.29 is 17.9 Å². The summed E-state index contributed by atoms with van der Waals surface area (Å²) in [7, 11) is -0.990. The van der Waals surface area contributed by atoms with Crippen LogP contribution in [0.25, 0.3) is 0 Å². The number of imidazole rings is 1. The van der Waals surface area contributed by atoms with Crippen molar-refractivity contribution in [1.82, 2.24) is 29.2 Å². The van der Waals surface area contributed by atoms with Crippen molar-refractivity contribution in [1.29, 1.82) is 0 Å². The molecule has 0 aliphatic rings. The lowest BCUT2D eigenvalue weighted by Gasteiger charge is -2.06. The van der Waals surface area contributed by atoms with Crippen LogP contribution >= 0.6 is 0 Å². The Morgan fingerprint density at radius 3 is 2.22 bits per heavy atom. The van der Waals surface area contributed by atoms with E-state index in [1.54, 1.807) is 11.5 Å². The molecule has 0 aliphatic heterocycles. The van der Waals surface area contributed by atoms with Crippen LogP contribution in [0.1, 0.15) is 18.6 Å². The maximum absolute atomic E-state index is 12.3. The van der Waals surface area contributed by atoms with Gasteiger partial charge in [-0.2, -0.15) is 9.97 Å². The summed E-state index contributed by atoms with van der Waals surface area (Å²) in [6.07, 6.45) is 1.48. The number of ether oxygens (including phenoxy) is 2. The number of nitrogens with one attached hydrogen (secondary N) is 1. The first-order valence-corrected chi connectivity index (χ1v) is 8.24. The van der Waals surface area contributed by atoms with Crippen LogP contribution in [0.2, 0.25) is 0 Å². The van der Waals surface area contributed by atoms with Gasteiger partial charge in [-0.3, -0.25) is 0 Å². The Morgan fingerprint density at radius 2 is 1.74 bits per heavy atom. The molecule has 0 atom stereocenters. The molecule has 0 amide bonds.